The van der Waals surface area contributed by atoms with E-state index in [1.54, 1.807) is 6.20 Å². The summed E-state index contributed by atoms with van der Waals surface area (Å²) in [6.07, 6.45) is 3.72. The van der Waals surface area contributed by atoms with E-state index < -0.39 is 0 Å². The maximum Gasteiger partial charge on any atom is 0.255 e. The van der Waals surface area contributed by atoms with Crippen LogP contribution in [0, 0.1) is 0 Å². The molecule has 1 aliphatic rings. The van der Waals surface area contributed by atoms with E-state index in [1.807, 2.05) is 30.3 Å². The lowest BCUT2D eigenvalue weighted by Crippen LogP contribution is -2.45. The van der Waals surface area contributed by atoms with Gasteiger partial charge in [0.1, 0.15) is 0 Å². The predicted molar refractivity (Wildman–Crippen MR) is 77.4 cm³/mol. The predicted octanol–water partition coefficient (Wildman–Crippen LogP) is 1.56. The van der Waals surface area contributed by atoms with E-state index in [4.69, 9.17) is 0 Å². The first-order valence-electron chi connectivity index (χ1n) is 6.95. The minimum absolute atomic E-state index is 0.0636. The van der Waals surface area contributed by atoms with Gasteiger partial charge in [0.25, 0.3) is 5.91 Å². The largest absolute Gasteiger partial charge is 0.348 e. The SMILES string of the molecule is O=C(NC1CCCNC1)c1cn[nH]c1-c1ccccc1. The van der Waals surface area contributed by atoms with Gasteiger partial charge in [-0.25, -0.2) is 0 Å². The molecular weight excluding hydrogens is 252 g/mol. The highest BCUT2D eigenvalue weighted by molar-refractivity contribution is 5.99. The third-order valence-electron chi connectivity index (χ3n) is 3.58. The fourth-order valence-electron chi connectivity index (χ4n) is 2.52. The zero-order chi connectivity index (χ0) is 13.8. The smallest absolute Gasteiger partial charge is 0.255 e. The number of hydrogen-bond donors (Lipinski definition) is 3. The van der Waals surface area contributed by atoms with Crippen molar-refractivity contribution in [1.29, 1.82) is 0 Å². The number of aromatic amines is 1. The second-order valence-corrected chi connectivity index (χ2v) is 5.04. The van der Waals surface area contributed by atoms with Gasteiger partial charge in [-0.15, -0.1) is 0 Å². The summed E-state index contributed by atoms with van der Waals surface area (Å²) in [5.41, 5.74) is 2.34. The van der Waals surface area contributed by atoms with Crippen LogP contribution in [0.1, 0.15) is 23.2 Å². The maximum absolute atomic E-state index is 12.4. The summed E-state index contributed by atoms with van der Waals surface area (Å²) in [5.74, 6) is -0.0636. The van der Waals surface area contributed by atoms with Crippen molar-refractivity contribution >= 4 is 5.91 Å². The Morgan fingerprint density at radius 2 is 2.15 bits per heavy atom. The van der Waals surface area contributed by atoms with Crippen molar-refractivity contribution in [3.05, 3.63) is 42.1 Å². The van der Waals surface area contributed by atoms with Gasteiger partial charge in [0.2, 0.25) is 0 Å². The van der Waals surface area contributed by atoms with Crippen molar-refractivity contribution < 1.29 is 4.79 Å². The maximum atomic E-state index is 12.4. The molecule has 3 rings (SSSR count). The Morgan fingerprint density at radius 3 is 2.90 bits per heavy atom. The zero-order valence-corrected chi connectivity index (χ0v) is 11.2. The molecule has 1 aliphatic heterocycles. The Labute approximate surface area is 117 Å². The Kier molecular flexibility index (Phi) is 3.78. The Hall–Kier alpha value is -2.14. The van der Waals surface area contributed by atoms with Crippen LogP contribution >= 0.6 is 0 Å². The molecule has 0 saturated carbocycles. The highest BCUT2D eigenvalue weighted by atomic mass is 16.1. The van der Waals surface area contributed by atoms with E-state index in [0.29, 0.717) is 5.56 Å². The van der Waals surface area contributed by atoms with Gasteiger partial charge in [0, 0.05) is 18.2 Å². The van der Waals surface area contributed by atoms with E-state index in [2.05, 4.69) is 20.8 Å². The fraction of sp³-hybridized carbons (Fsp3) is 0.333. The average Bonchev–Trinajstić information content (AvgIpc) is 2.99. The normalized spacial score (nSPS) is 18.7. The minimum atomic E-state index is -0.0636. The molecule has 0 spiro atoms. The van der Waals surface area contributed by atoms with E-state index in [-0.39, 0.29) is 11.9 Å². The van der Waals surface area contributed by atoms with Crippen LogP contribution in [0.3, 0.4) is 0 Å². The van der Waals surface area contributed by atoms with Crippen molar-refractivity contribution in [2.75, 3.05) is 13.1 Å². The fourth-order valence-corrected chi connectivity index (χ4v) is 2.52. The standard InChI is InChI=1S/C15H18N4O/c20-15(18-12-7-4-8-16-9-12)13-10-17-19-14(13)11-5-2-1-3-6-11/h1-3,5-6,10,12,16H,4,7-9H2,(H,17,19)(H,18,20). The molecule has 0 bridgehead atoms. The minimum Gasteiger partial charge on any atom is -0.348 e. The summed E-state index contributed by atoms with van der Waals surface area (Å²) in [7, 11) is 0. The number of nitrogens with one attached hydrogen (secondary N) is 3. The Balaban J connectivity index is 1.77. The van der Waals surface area contributed by atoms with Crippen molar-refractivity contribution in [3.8, 4) is 11.3 Å². The molecule has 1 saturated heterocycles. The average molecular weight is 270 g/mol. The third-order valence-corrected chi connectivity index (χ3v) is 3.58. The molecule has 2 aromatic rings. The zero-order valence-electron chi connectivity index (χ0n) is 11.2. The molecule has 5 heteroatoms. The van der Waals surface area contributed by atoms with Crippen LogP contribution in [0.25, 0.3) is 11.3 Å². The molecule has 2 heterocycles. The first-order chi connectivity index (χ1) is 9.84. The number of piperidine rings is 1. The summed E-state index contributed by atoms with van der Waals surface area (Å²) in [5, 5.41) is 13.3. The number of carbonyl (C=O) groups excluding carboxylic acids is 1. The van der Waals surface area contributed by atoms with Crippen LogP contribution in [-0.2, 0) is 0 Å². The van der Waals surface area contributed by atoms with Gasteiger partial charge in [-0.1, -0.05) is 30.3 Å². The number of rotatable bonds is 3. The van der Waals surface area contributed by atoms with Crippen molar-refractivity contribution in [2.24, 2.45) is 0 Å². The Bertz CT molecular complexity index is 573. The summed E-state index contributed by atoms with van der Waals surface area (Å²) < 4.78 is 0. The molecular formula is C15H18N4O. The van der Waals surface area contributed by atoms with E-state index in [0.717, 1.165) is 37.2 Å². The monoisotopic (exact) mass is 270 g/mol. The van der Waals surface area contributed by atoms with Crippen LogP contribution in [-0.4, -0.2) is 35.2 Å². The molecule has 1 fully saturated rings. The van der Waals surface area contributed by atoms with Gasteiger partial charge in [0.15, 0.2) is 0 Å². The highest BCUT2D eigenvalue weighted by Crippen LogP contribution is 2.20. The number of nitrogens with zero attached hydrogens (tertiary/aromatic N) is 1. The van der Waals surface area contributed by atoms with Crippen molar-refractivity contribution in [3.63, 3.8) is 0 Å². The number of hydrogen-bond acceptors (Lipinski definition) is 3. The van der Waals surface area contributed by atoms with E-state index >= 15 is 0 Å². The quantitative estimate of drug-likeness (QED) is 0.792. The van der Waals surface area contributed by atoms with Gasteiger partial charge in [0.05, 0.1) is 17.5 Å². The second-order valence-electron chi connectivity index (χ2n) is 5.04. The van der Waals surface area contributed by atoms with Crippen LogP contribution in [0.15, 0.2) is 36.5 Å². The molecule has 1 amide bonds. The summed E-state index contributed by atoms with van der Waals surface area (Å²) in [4.78, 5) is 12.4. The van der Waals surface area contributed by atoms with Crippen LogP contribution in [0.2, 0.25) is 0 Å². The van der Waals surface area contributed by atoms with Crippen molar-refractivity contribution in [2.45, 2.75) is 18.9 Å². The van der Waals surface area contributed by atoms with Gasteiger partial charge in [-0.05, 0) is 19.4 Å². The van der Waals surface area contributed by atoms with Crippen LogP contribution < -0.4 is 10.6 Å². The second kappa shape index (κ2) is 5.88. The summed E-state index contributed by atoms with van der Waals surface area (Å²) in [6, 6.07) is 9.98. The number of amides is 1. The third kappa shape index (κ3) is 2.72. The van der Waals surface area contributed by atoms with Crippen LogP contribution in [0.4, 0.5) is 0 Å². The topological polar surface area (TPSA) is 69.8 Å². The Morgan fingerprint density at radius 1 is 1.30 bits per heavy atom. The number of benzene rings is 1. The molecule has 104 valence electrons. The molecule has 1 aromatic carbocycles. The lowest BCUT2D eigenvalue weighted by molar-refractivity contribution is 0.0931. The number of carbonyl (C=O) groups is 1. The lowest BCUT2D eigenvalue weighted by Gasteiger charge is -2.23. The molecule has 1 aromatic heterocycles. The number of aromatic nitrogens is 2. The molecule has 1 atom stereocenters. The summed E-state index contributed by atoms with van der Waals surface area (Å²) >= 11 is 0. The molecule has 0 aliphatic carbocycles. The van der Waals surface area contributed by atoms with Crippen LogP contribution in [0.5, 0.6) is 0 Å². The highest BCUT2D eigenvalue weighted by Gasteiger charge is 2.20. The molecule has 20 heavy (non-hydrogen) atoms. The molecule has 5 nitrogen and oxygen atoms in total. The first kappa shape index (κ1) is 12.9. The van der Waals surface area contributed by atoms with Crippen molar-refractivity contribution in [1.82, 2.24) is 20.8 Å². The molecule has 0 radical (unpaired) electrons. The van der Waals surface area contributed by atoms with E-state index in [9.17, 15) is 4.79 Å². The van der Waals surface area contributed by atoms with Gasteiger partial charge >= 0.3 is 0 Å². The lowest BCUT2D eigenvalue weighted by atomic mass is 10.1. The van der Waals surface area contributed by atoms with Gasteiger partial charge in [-0.3, -0.25) is 9.89 Å². The molecule has 1 unspecified atom stereocenters. The molecule has 3 N–H and O–H groups in total. The van der Waals surface area contributed by atoms with E-state index in [1.165, 1.54) is 0 Å². The first-order valence-corrected chi connectivity index (χ1v) is 6.95. The summed E-state index contributed by atoms with van der Waals surface area (Å²) in [6.45, 7) is 1.87. The number of H-pyrrole nitrogens is 1. The van der Waals surface area contributed by atoms with Gasteiger partial charge in [-0.2, -0.15) is 5.10 Å². The van der Waals surface area contributed by atoms with Gasteiger partial charge < -0.3 is 10.6 Å².